The number of nitrogens with one attached hydrogen (secondary N) is 1. The quantitative estimate of drug-likeness (QED) is 0.796. The summed E-state index contributed by atoms with van der Waals surface area (Å²) in [5, 5.41) is -0.216. The summed E-state index contributed by atoms with van der Waals surface area (Å²) in [4.78, 5) is 12.1. The van der Waals surface area contributed by atoms with Crippen LogP contribution < -0.4 is 4.72 Å². The molecule has 2 rings (SSSR count). The molecule has 0 unspecified atom stereocenters. The summed E-state index contributed by atoms with van der Waals surface area (Å²) in [6.07, 6.45) is 0. The molecule has 136 valence electrons. The molecular weight excluding hydrogens is 371 g/mol. The molecule has 1 aromatic heterocycles. The Morgan fingerprint density at radius 2 is 1.96 bits per heavy atom. The SMILES string of the molecule is CCOC(=O)c1c(S(=O)(=O)Nc2ccc(F)c(Cl)c2)c(C)n(C)c1C. The fourth-order valence-corrected chi connectivity index (χ4v) is 4.20. The van der Waals surface area contributed by atoms with Crippen LogP contribution in [0.3, 0.4) is 0 Å². The second-order valence-corrected chi connectivity index (χ2v) is 7.42. The highest BCUT2D eigenvalue weighted by molar-refractivity contribution is 7.92. The second kappa shape index (κ2) is 7.05. The van der Waals surface area contributed by atoms with Gasteiger partial charge in [-0.15, -0.1) is 0 Å². The van der Waals surface area contributed by atoms with Gasteiger partial charge in [0.1, 0.15) is 16.3 Å². The Morgan fingerprint density at radius 1 is 1.32 bits per heavy atom. The van der Waals surface area contributed by atoms with Crippen molar-refractivity contribution in [1.82, 2.24) is 4.57 Å². The van der Waals surface area contributed by atoms with E-state index in [4.69, 9.17) is 16.3 Å². The van der Waals surface area contributed by atoms with Crippen molar-refractivity contribution in [3.8, 4) is 0 Å². The number of carbonyl (C=O) groups is 1. The van der Waals surface area contributed by atoms with E-state index in [-0.39, 0.29) is 27.8 Å². The van der Waals surface area contributed by atoms with Crippen LogP contribution in [0.1, 0.15) is 28.7 Å². The number of halogens is 2. The summed E-state index contributed by atoms with van der Waals surface area (Å²) in [7, 11) is -2.47. The molecule has 25 heavy (non-hydrogen) atoms. The van der Waals surface area contributed by atoms with Gasteiger partial charge in [-0.05, 0) is 39.0 Å². The maximum Gasteiger partial charge on any atom is 0.341 e. The molecule has 0 saturated heterocycles. The highest BCUT2D eigenvalue weighted by Gasteiger charge is 2.31. The molecular formula is C16H18ClFN2O4S. The zero-order chi connectivity index (χ0) is 18.9. The molecule has 0 spiro atoms. The number of carbonyl (C=O) groups excluding carboxylic acids is 1. The summed E-state index contributed by atoms with van der Waals surface area (Å²) in [6, 6.07) is 3.45. The first-order valence-electron chi connectivity index (χ1n) is 7.41. The zero-order valence-electron chi connectivity index (χ0n) is 14.2. The minimum Gasteiger partial charge on any atom is -0.462 e. The van der Waals surface area contributed by atoms with Gasteiger partial charge in [-0.3, -0.25) is 4.72 Å². The third-order valence-corrected chi connectivity index (χ3v) is 5.67. The standard InChI is InChI=1S/C16H18ClFN2O4S/c1-5-24-16(21)14-9(2)20(4)10(3)15(14)25(22,23)19-11-6-7-13(18)12(17)8-11/h6-8,19H,5H2,1-4H3. The van der Waals surface area contributed by atoms with Crippen LogP contribution >= 0.6 is 11.6 Å². The van der Waals surface area contributed by atoms with Gasteiger partial charge < -0.3 is 9.30 Å². The number of sulfonamides is 1. The molecule has 0 radical (unpaired) electrons. The van der Waals surface area contributed by atoms with Crippen LogP contribution in [-0.4, -0.2) is 25.6 Å². The van der Waals surface area contributed by atoms with Gasteiger partial charge in [0, 0.05) is 18.4 Å². The Hall–Kier alpha value is -2.06. The van der Waals surface area contributed by atoms with Crippen molar-refractivity contribution in [3.63, 3.8) is 0 Å². The molecule has 0 amide bonds. The first-order valence-corrected chi connectivity index (χ1v) is 9.27. The summed E-state index contributed by atoms with van der Waals surface area (Å²) < 4.78 is 47.8. The van der Waals surface area contributed by atoms with Gasteiger partial charge in [0.05, 0.1) is 17.3 Å². The van der Waals surface area contributed by atoms with E-state index in [1.54, 1.807) is 32.4 Å². The number of nitrogens with zero attached hydrogens (tertiary/aromatic N) is 1. The van der Waals surface area contributed by atoms with Crippen molar-refractivity contribution in [1.29, 1.82) is 0 Å². The van der Waals surface area contributed by atoms with Crippen molar-refractivity contribution >= 4 is 33.3 Å². The lowest BCUT2D eigenvalue weighted by atomic mass is 10.2. The number of hydrogen-bond donors (Lipinski definition) is 1. The van der Waals surface area contributed by atoms with Crippen LogP contribution in [0.25, 0.3) is 0 Å². The fourth-order valence-electron chi connectivity index (χ4n) is 2.46. The van der Waals surface area contributed by atoms with E-state index in [1.165, 1.54) is 6.07 Å². The van der Waals surface area contributed by atoms with Crippen molar-refractivity contribution in [2.75, 3.05) is 11.3 Å². The number of anilines is 1. The van der Waals surface area contributed by atoms with Crippen molar-refractivity contribution in [2.45, 2.75) is 25.7 Å². The molecule has 0 atom stereocenters. The number of ether oxygens (including phenoxy) is 1. The third-order valence-electron chi connectivity index (χ3n) is 3.84. The lowest BCUT2D eigenvalue weighted by molar-refractivity contribution is 0.0521. The van der Waals surface area contributed by atoms with Gasteiger partial charge in [0.25, 0.3) is 10.0 Å². The van der Waals surface area contributed by atoms with Gasteiger partial charge >= 0.3 is 5.97 Å². The number of benzene rings is 1. The maximum atomic E-state index is 13.3. The van der Waals surface area contributed by atoms with Crippen LogP contribution in [0.2, 0.25) is 5.02 Å². The average molecular weight is 389 g/mol. The molecule has 0 fully saturated rings. The van der Waals surface area contributed by atoms with Crippen molar-refractivity contribution in [2.24, 2.45) is 7.05 Å². The molecule has 1 heterocycles. The zero-order valence-corrected chi connectivity index (χ0v) is 15.8. The number of esters is 1. The molecule has 0 saturated carbocycles. The van der Waals surface area contributed by atoms with Gasteiger partial charge in [0.15, 0.2) is 0 Å². The minimum absolute atomic E-state index is 0.0254. The van der Waals surface area contributed by atoms with Crippen molar-refractivity contribution in [3.05, 3.63) is 46.0 Å². The molecule has 0 aliphatic heterocycles. The lowest BCUT2D eigenvalue weighted by Crippen LogP contribution is -2.18. The molecule has 9 heteroatoms. The Labute approximate surface area is 150 Å². The van der Waals surface area contributed by atoms with E-state index >= 15 is 0 Å². The maximum absolute atomic E-state index is 13.3. The predicted molar refractivity (Wildman–Crippen MR) is 93.1 cm³/mol. The van der Waals surface area contributed by atoms with Crippen LogP contribution in [-0.2, 0) is 21.8 Å². The molecule has 1 N–H and O–H groups in total. The Kier molecular flexibility index (Phi) is 5.43. The molecule has 2 aromatic rings. The Morgan fingerprint density at radius 3 is 2.52 bits per heavy atom. The van der Waals surface area contributed by atoms with Crippen molar-refractivity contribution < 1.29 is 22.3 Å². The first kappa shape index (κ1) is 19.3. The van der Waals surface area contributed by atoms with Crippen LogP contribution in [0, 0.1) is 19.7 Å². The van der Waals surface area contributed by atoms with Crippen LogP contribution in [0.15, 0.2) is 23.1 Å². The molecule has 1 aromatic carbocycles. The van der Waals surface area contributed by atoms with Gasteiger partial charge in [-0.1, -0.05) is 11.6 Å². The van der Waals surface area contributed by atoms with Gasteiger partial charge in [-0.2, -0.15) is 0 Å². The molecule has 0 aliphatic carbocycles. The fraction of sp³-hybridized carbons (Fsp3) is 0.312. The van der Waals surface area contributed by atoms with E-state index < -0.39 is 21.8 Å². The number of hydrogen-bond acceptors (Lipinski definition) is 4. The topological polar surface area (TPSA) is 77.4 Å². The van der Waals surface area contributed by atoms with E-state index in [2.05, 4.69) is 4.72 Å². The van der Waals surface area contributed by atoms with Gasteiger partial charge in [0.2, 0.25) is 0 Å². The van der Waals surface area contributed by atoms with Gasteiger partial charge in [-0.25, -0.2) is 17.6 Å². The average Bonchev–Trinajstić information content (AvgIpc) is 2.76. The van der Waals surface area contributed by atoms with Crippen LogP contribution in [0.4, 0.5) is 10.1 Å². The van der Waals surface area contributed by atoms with E-state index in [0.29, 0.717) is 11.4 Å². The predicted octanol–water partition coefficient (Wildman–Crippen LogP) is 3.41. The Bertz CT molecular complexity index is 938. The smallest absolute Gasteiger partial charge is 0.341 e. The van der Waals surface area contributed by atoms with Crippen LogP contribution in [0.5, 0.6) is 0 Å². The molecule has 0 bridgehead atoms. The summed E-state index contributed by atoms with van der Waals surface area (Å²) in [5.41, 5.74) is 0.902. The van der Waals surface area contributed by atoms with E-state index in [1.807, 2.05) is 0 Å². The largest absolute Gasteiger partial charge is 0.462 e. The highest BCUT2D eigenvalue weighted by Crippen LogP contribution is 2.29. The summed E-state index contributed by atoms with van der Waals surface area (Å²) in [6.45, 7) is 4.97. The monoisotopic (exact) mass is 388 g/mol. The number of rotatable bonds is 5. The summed E-state index contributed by atoms with van der Waals surface area (Å²) >= 11 is 5.68. The number of aromatic nitrogens is 1. The van der Waals surface area contributed by atoms with E-state index in [9.17, 15) is 17.6 Å². The van der Waals surface area contributed by atoms with E-state index in [0.717, 1.165) is 12.1 Å². The first-order chi connectivity index (χ1) is 11.6. The lowest BCUT2D eigenvalue weighted by Gasteiger charge is -2.11. The third kappa shape index (κ3) is 3.64. The second-order valence-electron chi connectivity index (χ2n) is 5.39. The molecule has 0 aliphatic rings. The Balaban J connectivity index is 2.57. The normalized spacial score (nSPS) is 11.4. The highest BCUT2D eigenvalue weighted by atomic mass is 35.5. The minimum atomic E-state index is -4.12. The summed E-state index contributed by atoms with van der Waals surface area (Å²) in [5.74, 6) is -1.38. The molecule has 6 nitrogen and oxygen atoms in total.